The van der Waals surface area contributed by atoms with Crippen molar-refractivity contribution in [2.45, 2.75) is 12.8 Å². The van der Waals surface area contributed by atoms with E-state index in [1.54, 1.807) is 25.1 Å². The Bertz CT molecular complexity index is 586. The Balaban J connectivity index is 2.22. The molecule has 0 saturated carbocycles. The Morgan fingerprint density at radius 2 is 1.79 bits per heavy atom. The third-order valence-corrected chi connectivity index (χ3v) is 4.13. The van der Waals surface area contributed by atoms with Crippen LogP contribution in [0.5, 0.6) is 0 Å². The normalized spacial score (nSPS) is 11.9. The van der Waals surface area contributed by atoms with Gasteiger partial charge in [0, 0.05) is 10.4 Å². The average molecular weight is 274 g/mol. The second-order valence-corrected chi connectivity index (χ2v) is 5.26. The molecule has 19 heavy (non-hydrogen) atoms. The highest BCUT2D eigenvalue weighted by Gasteiger charge is 2.19. The molecule has 1 atom stereocenters. The van der Waals surface area contributed by atoms with Crippen LogP contribution in [-0.4, -0.2) is 18.9 Å². The van der Waals surface area contributed by atoms with E-state index in [2.05, 4.69) is 0 Å². The van der Waals surface area contributed by atoms with Crippen molar-refractivity contribution in [1.82, 2.24) is 0 Å². The molecule has 1 heterocycles. The van der Waals surface area contributed by atoms with Gasteiger partial charge < -0.3 is 4.74 Å². The zero-order valence-electron chi connectivity index (χ0n) is 10.8. The first-order chi connectivity index (χ1) is 9.13. The van der Waals surface area contributed by atoms with Gasteiger partial charge in [-0.3, -0.25) is 9.59 Å². The minimum Gasteiger partial charge on any atom is -0.469 e. The van der Waals surface area contributed by atoms with Gasteiger partial charge in [0.05, 0.1) is 17.9 Å². The summed E-state index contributed by atoms with van der Waals surface area (Å²) in [5.41, 5.74) is 0.654. The lowest BCUT2D eigenvalue weighted by Crippen LogP contribution is -2.09. The largest absolute Gasteiger partial charge is 0.469 e. The molecule has 0 aliphatic heterocycles. The van der Waals surface area contributed by atoms with Crippen molar-refractivity contribution < 1.29 is 14.3 Å². The Hall–Kier alpha value is -1.94. The number of benzene rings is 1. The lowest BCUT2D eigenvalue weighted by atomic mass is 10.1. The van der Waals surface area contributed by atoms with Gasteiger partial charge in [-0.25, -0.2) is 0 Å². The SMILES string of the molecule is COC(=O)C(C)c1ccc(C(=O)c2ccccc2)s1. The van der Waals surface area contributed by atoms with E-state index in [-0.39, 0.29) is 17.7 Å². The molecule has 0 amide bonds. The maximum Gasteiger partial charge on any atom is 0.313 e. The van der Waals surface area contributed by atoms with Crippen LogP contribution in [0.1, 0.15) is 33.0 Å². The standard InChI is InChI=1S/C15H14O3S/c1-10(15(17)18-2)12-8-9-13(19-12)14(16)11-6-4-3-5-7-11/h3-10H,1-2H3. The van der Waals surface area contributed by atoms with Gasteiger partial charge in [-0.2, -0.15) is 0 Å². The summed E-state index contributed by atoms with van der Waals surface area (Å²) in [6, 6.07) is 12.7. The van der Waals surface area contributed by atoms with Crippen LogP contribution < -0.4 is 0 Å². The molecule has 0 saturated heterocycles. The maximum atomic E-state index is 12.2. The molecule has 0 radical (unpaired) electrons. The second-order valence-electron chi connectivity index (χ2n) is 4.14. The summed E-state index contributed by atoms with van der Waals surface area (Å²) in [7, 11) is 1.36. The first-order valence-electron chi connectivity index (χ1n) is 5.90. The number of carbonyl (C=O) groups excluding carboxylic acids is 2. The summed E-state index contributed by atoms with van der Waals surface area (Å²) in [5, 5.41) is 0. The van der Waals surface area contributed by atoms with Gasteiger partial charge in [0.25, 0.3) is 0 Å². The number of ether oxygens (including phenoxy) is 1. The number of carbonyl (C=O) groups is 2. The van der Waals surface area contributed by atoms with Crippen molar-refractivity contribution in [1.29, 1.82) is 0 Å². The molecule has 2 aromatic rings. The van der Waals surface area contributed by atoms with Crippen molar-refractivity contribution >= 4 is 23.1 Å². The fourth-order valence-electron chi connectivity index (χ4n) is 1.73. The summed E-state index contributed by atoms with van der Waals surface area (Å²) >= 11 is 1.34. The number of ketones is 1. The van der Waals surface area contributed by atoms with Gasteiger partial charge >= 0.3 is 5.97 Å². The smallest absolute Gasteiger partial charge is 0.313 e. The minimum atomic E-state index is -0.340. The van der Waals surface area contributed by atoms with Gasteiger partial charge in [0.2, 0.25) is 5.78 Å². The van der Waals surface area contributed by atoms with Crippen LogP contribution in [0.15, 0.2) is 42.5 Å². The fraction of sp³-hybridized carbons (Fsp3) is 0.200. The Labute approximate surface area is 115 Å². The molecule has 0 bridgehead atoms. The highest BCUT2D eigenvalue weighted by atomic mass is 32.1. The van der Waals surface area contributed by atoms with E-state index in [0.717, 1.165) is 4.88 Å². The van der Waals surface area contributed by atoms with Crippen LogP contribution in [0.25, 0.3) is 0 Å². The van der Waals surface area contributed by atoms with Crippen LogP contribution in [0.2, 0.25) is 0 Å². The first-order valence-corrected chi connectivity index (χ1v) is 6.72. The molecular weight excluding hydrogens is 260 g/mol. The van der Waals surface area contributed by atoms with E-state index in [4.69, 9.17) is 4.74 Å². The fourth-order valence-corrected chi connectivity index (χ4v) is 2.74. The molecular formula is C15H14O3S. The highest BCUT2D eigenvalue weighted by Crippen LogP contribution is 2.27. The van der Waals surface area contributed by atoms with Crippen LogP contribution in [0.3, 0.4) is 0 Å². The summed E-state index contributed by atoms with van der Waals surface area (Å²) in [4.78, 5) is 25.2. The minimum absolute atomic E-state index is 0.0195. The third kappa shape index (κ3) is 2.90. The third-order valence-electron chi connectivity index (χ3n) is 2.87. The van der Waals surface area contributed by atoms with E-state index < -0.39 is 0 Å². The molecule has 0 fully saturated rings. The number of methoxy groups -OCH3 is 1. The summed E-state index contributed by atoms with van der Waals surface area (Å²) < 4.78 is 4.70. The van der Waals surface area contributed by atoms with Crippen LogP contribution in [0.4, 0.5) is 0 Å². The van der Waals surface area contributed by atoms with Gasteiger partial charge in [-0.1, -0.05) is 30.3 Å². The molecule has 1 unspecified atom stereocenters. The number of esters is 1. The molecule has 98 valence electrons. The molecule has 0 spiro atoms. The van der Waals surface area contributed by atoms with E-state index in [1.165, 1.54) is 18.4 Å². The number of rotatable bonds is 4. The highest BCUT2D eigenvalue weighted by molar-refractivity contribution is 7.14. The molecule has 0 aliphatic rings. The number of hydrogen-bond acceptors (Lipinski definition) is 4. The maximum absolute atomic E-state index is 12.2. The molecule has 1 aromatic carbocycles. The molecule has 3 nitrogen and oxygen atoms in total. The first kappa shape index (κ1) is 13.5. The average Bonchev–Trinajstić information content (AvgIpc) is 2.95. The van der Waals surface area contributed by atoms with Crippen molar-refractivity contribution in [2.24, 2.45) is 0 Å². The van der Waals surface area contributed by atoms with Gasteiger partial charge in [0.1, 0.15) is 0 Å². The van der Waals surface area contributed by atoms with Gasteiger partial charge in [-0.15, -0.1) is 11.3 Å². The second kappa shape index (κ2) is 5.80. The van der Waals surface area contributed by atoms with Crippen LogP contribution in [0, 0.1) is 0 Å². The molecule has 4 heteroatoms. The quantitative estimate of drug-likeness (QED) is 0.635. The van der Waals surface area contributed by atoms with Gasteiger partial charge in [0.15, 0.2) is 0 Å². The lowest BCUT2D eigenvalue weighted by Gasteiger charge is -2.05. The van der Waals surface area contributed by atoms with E-state index in [0.29, 0.717) is 10.4 Å². The van der Waals surface area contributed by atoms with E-state index >= 15 is 0 Å². The Morgan fingerprint density at radius 3 is 2.42 bits per heavy atom. The van der Waals surface area contributed by atoms with Crippen molar-refractivity contribution in [3.63, 3.8) is 0 Å². The Kier molecular flexibility index (Phi) is 4.12. The van der Waals surface area contributed by atoms with Crippen molar-refractivity contribution in [3.8, 4) is 0 Å². The summed E-state index contributed by atoms with van der Waals surface area (Å²) in [6.45, 7) is 1.77. The van der Waals surface area contributed by atoms with E-state index in [9.17, 15) is 9.59 Å². The number of thiophene rings is 1. The van der Waals surface area contributed by atoms with Crippen LogP contribution in [-0.2, 0) is 9.53 Å². The molecule has 0 N–H and O–H groups in total. The predicted molar refractivity (Wildman–Crippen MR) is 74.6 cm³/mol. The number of hydrogen-bond donors (Lipinski definition) is 0. The summed E-state index contributed by atoms with van der Waals surface area (Å²) in [5.74, 6) is -0.651. The lowest BCUT2D eigenvalue weighted by molar-refractivity contribution is -0.141. The summed E-state index contributed by atoms with van der Waals surface area (Å²) in [6.07, 6.45) is 0. The van der Waals surface area contributed by atoms with Crippen LogP contribution >= 0.6 is 11.3 Å². The van der Waals surface area contributed by atoms with Crippen molar-refractivity contribution in [2.75, 3.05) is 7.11 Å². The predicted octanol–water partition coefficient (Wildman–Crippen LogP) is 3.26. The zero-order valence-corrected chi connectivity index (χ0v) is 11.6. The zero-order chi connectivity index (χ0) is 13.8. The molecule has 2 rings (SSSR count). The monoisotopic (exact) mass is 274 g/mol. The van der Waals surface area contributed by atoms with Crippen molar-refractivity contribution in [3.05, 3.63) is 57.8 Å². The topological polar surface area (TPSA) is 43.4 Å². The molecule has 1 aromatic heterocycles. The van der Waals surface area contributed by atoms with E-state index in [1.807, 2.05) is 24.3 Å². The Morgan fingerprint density at radius 1 is 1.11 bits per heavy atom. The van der Waals surface area contributed by atoms with Gasteiger partial charge in [-0.05, 0) is 19.1 Å². The molecule has 0 aliphatic carbocycles.